The fraction of sp³-hybridized carbons (Fsp3) is 0.323. The van der Waals surface area contributed by atoms with Crippen molar-refractivity contribution in [1.82, 2.24) is 4.98 Å². The molecular weight excluding hydrogens is 464 g/mol. The lowest BCUT2D eigenvalue weighted by molar-refractivity contribution is -0.954. The maximum absolute atomic E-state index is 12.0. The molecule has 3 saturated heterocycles. The summed E-state index contributed by atoms with van der Waals surface area (Å²) in [6.07, 6.45) is 4.41. The number of hydrogen-bond donors (Lipinski definition) is 1. The fourth-order valence-corrected chi connectivity index (χ4v) is 7.63. The molecule has 1 aromatic heterocycles. The minimum absolute atomic E-state index is 0.343. The van der Waals surface area contributed by atoms with Crippen molar-refractivity contribution >= 4 is 11.8 Å². The van der Waals surface area contributed by atoms with Gasteiger partial charge in [-0.3, -0.25) is 0 Å². The third-order valence-electron chi connectivity index (χ3n) is 8.09. The van der Waals surface area contributed by atoms with Gasteiger partial charge in [0.2, 0.25) is 5.89 Å². The summed E-state index contributed by atoms with van der Waals surface area (Å²) in [5, 5.41) is 12.7. The summed E-state index contributed by atoms with van der Waals surface area (Å²) in [5.41, 5.74) is 1.50. The van der Waals surface area contributed by atoms with Crippen molar-refractivity contribution in [3.05, 3.63) is 126 Å². The Morgan fingerprint density at radius 1 is 0.861 bits per heavy atom. The van der Waals surface area contributed by atoms with Crippen LogP contribution in [0.1, 0.15) is 41.2 Å². The van der Waals surface area contributed by atoms with Gasteiger partial charge in [-0.1, -0.05) is 91.0 Å². The number of benzene rings is 3. The van der Waals surface area contributed by atoms with Crippen molar-refractivity contribution in [3.8, 4) is 0 Å². The number of aliphatic hydroxyl groups is 1. The lowest BCUT2D eigenvalue weighted by atomic mass is 9.85. The van der Waals surface area contributed by atoms with Crippen LogP contribution in [0.4, 0.5) is 0 Å². The Morgan fingerprint density at radius 3 is 2.06 bits per heavy atom. The number of hydrogen-bond acceptors (Lipinski definition) is 4. The molecule has 0 spiro atoms. The molecule has 3 aliphatic heterocycles. The highest BCUT2D eigenvalue weighted by atomic mass is 32.2. The summed E-state index contributed by atoms with van der Waals surface area (Å²) in [4.78, 5) is 4.65. The number of quaternary nitrogens is 1. The van der Waals surface area contributed by atoms with Gasteiger partial charge in [-0.15, -0.1) is 11.8 Å². The summed E-state index contributed by atoms with van der Waals surface area (Å²) in [7, 11) is 0. The number of thioether (sulfide) groups is 1. The highest BCUT2D eigenvalue weighted by Gasteiger charge is 2.47. The Morgan fingerprint density at radius 2 is 1.44 bits per heavy atom. The molecule has 3 aromatic carbocycles. The lowest BCUT2D eigenvalue weighted by Crippen LogP contribution is -2.62. The van der Waals surface area contributed by atoms with E-state index in [2.05, 4.69) is 47.1 Å². The zero-order valence-corrected chi connectivity index (χ0v) is 21.3. The number of fused-ring (bicyclic) bond motifs is 3. The third kappa shape index (κ3) is 4.52. The standard InChI is InChI=1S/C31H33N2O2S/c34-31(26-12-6-2-7-13-26,27-14-8-3-9-15-27)30-32-20-28(35-30)21-33-18-16-25(17-19-33)29(22-33)36-23-24-10-4-1-5-11-24/h1-15,20,25,29,34H,16-19,21-23H2/q+1. The SMILES string of the molecule is OC(c1ccccc1)(c1ccccc1)c1ncc(C[N+]23CCC(CC2)C(SCc2ccccc2)C3)o1. The number of aromatic nitrogens is 1. The van der Waals surface area contributed by atoms with Gasteiger partial charge in [0.15, 0.2) is 11.4 Å². The maximum atomic E-state index is 12.0. The quantitative estimate of drug-likeness (QED) is 0.303. The molecule has 3 fully saturated rings. The molecule has 184 valence electrons. The molecule has 4 heterocycles. The van der Waals surface area contributed by atoms with E-state index in [-0.39, 0.29) is 0 Å². The monoisotopic (exact) mass is 497 g/mol. The molecule has 4 aromatic rings. The van der Waals surface area contributed by atoms with E-state index in [0.29, 0.717) is 11.1 Å². The first-order chi connectivity index (χ1) is 17.6. The van der Waals surface area contributed by atoms with E-state index in [1.807, 2.05) is 66.9 Å². The average Bonchev–Trinajstić information content (AvgIpc) is 3.42. The van der Waals surface area contributed by atoms with Crippen LogP contribution >= 0.6 is 11.8 Å². The van der Waals surface area contributed by atoms with Crippen molar-refractivity contribution in [3.63, 3.8) is 0 Å². The fourth-order valence-electron chi connectivity index (χ4n) is 6.06. The van der Waals surface area contributed by atoms with Crippen LogP contribution in [0, 0.1) is 5.92 Å². The van der Waals surface area contributed by atoms with Gasteiger partial charge < -0.3 is 14.0 Å². The highest BCUT2D eigenvalue weighted by Crippen LogP contribution is 2.42. The van der Waals surface area contributed by atoms with Crippen molar-refractivity contribution in [2.24, 2.45) is 5.92 Å². The zero-order chi connectivity index (χ0) is 24.4. The largest absolute Gasteiger partial charge is 0.436 e. The predicted molar refractivity (Wildman–Crippen MR) is 144 cm³/mol. The van der Waals surface area contributed by atoms with Crippen LogP contribution in [0.5, 0.6) is 0 Å². The van der Waals surface area contributed by atoms with Crippen molar-refractivity contribution in [1.29, 1.82) is 0 Å². The van der Waals surface area contributed by atoms with Gasteiger partial charge in [0.05, 0.1) is 31.1 Å². The second-order valence-corrected chi connectivity index (χ2v) is 11.6. The zero-order valence-electron chi connectivity index (χ0n) is 20.5. The maximum Gasteiger partial charge on any atom is 0.236 e. The summed E-state index contributed by atoms with van der Waals surface area (Å²) < 4.78 is 7.45. The number of piperidine rings is 3. The van der Waals surface area contributed by atoms with Gasteiger partial charge in [-0.25, -0.2) is 4.98 Å². The second kappa shape index (κ2) is 9.89. The Hall–Kier alpha value is -2.86. The van der Waals surface area contributed by atoms with Crippen molar-refractivity contribution < 1.29 is 14.0 Å². The first-order valence-electron chi connectivity index (χ1n) is 12.9. The van der Waals surface area contributed by atoms with Crippen molar-refractivity contribution in [2.45, 2.75) is 36.0 Å². The normalized spacial score (nSPS) is 23.6. The molecule has 5 heteroatoms. The number of rotatable bonds is 8. The van der Waals surface area contributed by atoms with Crippen LogP contribution < -0.4 is 0 Å². The lowest BCUT2D eigenvalue weighted by Gasteiger charge is -2.52. The molecule has 0 aliphatic carbocycles. The van der Waals surface area contributed by atoms with E-state index in [1.54, 1.807) is 0 Å². The van der Waals surface area contributed by atoms with Gasteiger partial charge in [-0.05, 0) is 22.6 Å². The molecule has 7 rings (SSSR count). The summed E-state index contributed by atoms with van der Waals surface area (Å²) >= 11 is 2.12. The first kappa shape index (κ1) is 23.5. The predicted octanol–water partition coefficient (Wildman–Crippen LogP) is 6.00. The van der Waals surface area contributed by atoms with E-state index in [4.69, 9.17) is 4.42 Å². The average molecular weight is 498 g/mol. The van der Waals surface area contributed by atoms with Crippen LogP contribution in [0.2, 0.25) is 0 Å². The van der Waals surface area contributed by atoms with Gasteiger partial charge in [0, 0.05) is 18.6 Å². The Bertz CT molecular complexity index is 1230. The van der Waals surface area contributed by atoms with Crippen LogP contribution in [0.3, 0.4) is 0 Å². The van der Waals surface area contributed by atoms with E-state index in [1.165, 1.54) is 38.0 Å². The van der Waals surface area contributed by atoms with E-state index in [0.717, 1.165) is 39.6 Å². The molecule has 4 nitrogen and oxygen atoms in total. The van der Waals surface area contributed by atoms with E-state index in [9.17, 15) is 5.11 Å². The molecule has 1 N–H and O–H groups in total. The molecular formula is C31H33N2O2S+. The molecule has 1 unspecified atom stereocenters. The Balaban J connectivity index is 1.23. The van der Waals surface area contributed by atoms with Gasteiger partial charge >= 0.3 is 0 Å². The molecule has 36 heavy (non-hydrogen) atoms. The van der Waals surface area contributed by atoms with E-state index < -0.39 is 5.60 Å². The van der Waals surface area contributed by atoms with Gasteiger partial charge in [0.25, 0.3) is 0 Å². The van der Waals surface area contributed by atoms with Gasteiger partial charge in [0.1, 0.15) is 6.54 Å². The molecule has 0 saturated carbocycles. The molecule has 1 atom stereocenters. The second-order valence-electron chi connectivity index (χ2n) is 10.4. The first-order valence-corrected chi connectivity index (χ1v) is 14.0. The minimum atomic E-state index is -1.43. The number of oxazole rings is 1. The van der Waals surface area contributed by atoms with Gasteiger partial charge in [-0.2, -0.15) is 0 Å². The van der Waals surface area contributed by atoms with Crippen LogP contribution in [-0.4, -0.2) is 39.5 Å². The Labute approximate surface area is 217 Å². The van der Waals surface area contributed by atoms with Crippen LogP contribution in [0.25, 0.3) is 0 Å². The Kier molecular flexibility index (Phi) is 6.46. The molecule has 2 bridgehead atoms. The van der Waals surface area contributed by atoms with Crippen LogP contribution in [-0.2, 0) is 17.9 Å². The van der Waals surface area contributed by atoms with E-state index >= 15 is 0 Å². The summed E-state index contributed by atoms with van der Waals surface area (Å²) in [6, 6.07) is 30.2. The highest BCUT2D eigenvalue weighted by molar-refractivity contribution is 7.99. The number of nitrogens with zero attached hydrogens (tertiary/aromatic N) is 2. The molecule has 0 radical (unpaired) electrons. The molecule has 0 amide bonds. The minimum Gasteiger partial charge on any atom is -0.436 e. The summed E-state index contributed by atoms with van der Waals surface area (Å²) in [5.74, 6) is 3.11. The molecule has 3 aliphatic rings. The van der Waals surface area contributed by atoms with Crippen LogP contribution in [0.15, 0.2) is 102 Å². The summed E-state index contributed by atoms with van der Waals surface area (Å²) in [6.45, 7) is 4.41. The van der Waals surface area contributed by atoms with Crippen molar-refractivity contribution in [2.75, 3.05) is 19.6 Å². The third-order valence-corrected chi connectivity index (χ3v) is 9.55. The smallest absolute Gasteiger partial charge is 0.236 e. The topological polar surface area (TPSA) is 46.3 Å².